The molecule has 2 fully saturated rings. The van der Waals surface area contributed by atoms with Crippen LogP contribution in [0.25, 0.3) is 0 Å². The summed E-state index contributed by atoms with van der Waals surface area (Å²) in [6.07, 6.45) is 6.52. The van der Waals surface area contributed by atoms with E-state index in [1.165, 1.54) is 25.7 Å². The van der Waals surface area contributed by atoms with E-state index in [9.17, 15) is 0 Å². The Morgan fingerprint density at radius 1 is 1.47 bits per heavy atom. The molecule has 1 N–H and O–H groups in total. The lowest BCUT2D eigenvalue weighted by Crippen LogP contribution is -2.39. The Hall–Kier alpha value is -1.31. The normalized spacial score (nSPS) is 22.2. The largest absolute Gasteiger partial charge is 0.351 e. The third kappa shape index (κ3) is 2.68. The third-order valence-electron chi connectivity index (χ3n) is 3.83. The summed E-state index contributed by atoms with van der Waals surface area (Å²) in [7, 11) is 0. The van der Waals surface area contributed by atoms with E-state index in [0.717, 1.165) is 18.9 Å². The van der Waals surface area contributed by atoms with Crippen LogP contribution in [0.4, 0.5) is 5.82 Å². The lowest BCUT2D eigenvalue weighted by Gasteiger charge is -2.27. The minimum Gasteiger partial charge on any atom is -0.351 e. The molecule has 1 saturated heterocycles. The molecular weight excluding hydrogens is 260 g/mol. The average molecular weight is 277 g/mol. The monoisotopic (exact) mass is 276 g/mol. The van der Waals surface area contributed by atoms with Gasteiger partial charge >= 0.3 is 0 Å². The molecule has 2 heterocycles. The summed E-state index contributed by atoms with van der Waals surface area (Å²) in [4.78, 5) is 6.69. The van der Waals surface area contributed by atoms with E-state index in [4.69, 9.17) is 16.9 Å². The first kappa shape index (κ1) is 12.7. The summed E-state index contributed by atoms with van der Waals surface area (Å²) in [5, 5.41) is 13.1. The Balaban J connectivity index is 1.85. The number of halogens is 1. The molecule has 1 atom stereocenters. The number of nitrogens with zero attached hydrogens (tertiary/aromatic N) is 3. The number of hydrogen-bond donors (Lipinski definition) is 1. The van der Waals surface area contributed by atoms with Crippen molar-refractivity contribution < 1.29 is 0 Å². The van der Waals surface area contributed by atoms with Crippen LogP contribution in [0.1, 0.15) is 31.2 Å². The Bertz CT molecular complexity index is 501. The molecule has 1 aromatic rings. The fraction of sp³-hybridized carbons (Fsp3) is 0.571. The molecule has 0 aromatic carbocycles. The van der Waals surface area contributed by atoms with Crippen molar-refractivity contribution in [2.75, 3.05) is 18.0 Å². The number of anilines is 1. The summed E-state index contributed by atoms with van der Waals surface area (Å²) in [6, 6.07) is 4.86. The second-order valence-electron chi connectivity index (χ2n) is 5.28. The fourth-order valence-corrected chi connectivity index (χ4v) is 2.93. The Kier molecular flexibility index (Phi) is 3.58. The van der Waals surface area contributed by atoms with Gasteiger partial charge in [0.2, 0.25) is 0 Å². The fourth-order valence-electron chi connectivity index (χ4n) is 2.66. The van der Waals surface area contributed by atoms with E-state index in [1.54, 1.807) is 12.3 Å². The Morgan fingerprint density at radius 3 is 2.95 bits per heavy atom. The summed E-state index contributed by atoms with van der Waals surface area (Å²) in [5.41, 5.74) is 0.511. The zero-order valence-corrected chi connectivity index (χ0v) is 11.5. The molecule has 1 saturated carbocycles. The molecule has 0 spiro atoms. The third-order valence-corrected chi connectivity index (χ3v) is 4.20. The van der Waals surface area contributed by atoms with Gasteiger partial charge in [-0.3, -0.25) is 0 Å². The smallest absolute Gasteiger partial charge is 0.149 e. The highest BCUT2D eigenvalue weighted by Gasteiger charge is 2.33. The first-order chi connectivity index (χ1) is 9.29. The molecule has 3 rings (SSSR count). The first-order valence-corrected chi connectivity index (χ1v) is 7.22. The average Bonchev–Trinajstić information content (AvgIpc) is 3.14. The molecule has 1 aliphatic heterocycles. The predicted molar refractivity (Wildman–Crippen MR) is 75.4 cm³/mol. The van der Waals surface area contributed by atoms with E-state index in [1.807, 2.05) is 0 Å². The molecule has 0 amide bonds. The number of pyridine rings is 1. The number of hydrogen-bond acceptors (Lipinski definition) is 4. The van der Waals surface area contributed by atoms with Crippen LogP contribution < -0.4 is 10.2 Å². The summed E-state index contributed by atoms with van der Waals surface area (Å²) >= 11 is 6.31. The molecule has 1 aliphatic carbocycles. The second kappa shape index (κ2) is 5.36. The highest BCUT2D eigenvalue weighted by molar-refractivity contribution is 6.34. The molecule has 4 nitrogen and oxygen atoms in total. The van der Waals surface area contributed by atoms with Crippen molar-refractivity contribution in [3.8, 4) is 6.07 Å². The van der Waals surface area contributed by atoms with Crippen molar-refractivity contribution in [2.45, 2.75) is 37.8 Å². The van der Waals surface area contributed by atoms with Crippen LogP contribution in [0.15, 0.2) is 12.3 Å². The molecular formula is C14H17ClN4. The van der Waals surface area contributed by atoms with Crippen LogP contribution in [0.2, 0.25) is 5.02 Å². The summed E-state index contributed by atoms with van der Waals surface area (Å²) in [5.74, 6) is 0.775. The van der Waals surface area contributed by atoms with Gasteiger partial charge in [-0.2, -0.15) is 5.26 Å². The zero-order valence-electron chi connectivity index (χ0n) is 10.8. The van der Waals surface area contributed by atoms with Gasteiger partial charge in [0, 0.05) is 24.8 Å². The SMILES string of the molecule is N#Cc1ccnc(N(CC2CCCN2)C2CC2)c1Cl. The van der Waals surface area contributed by atoms with Crippen LogP contribution in [0.5, 0.6) is 0 Å². The van der Waals surface area contributed by atoms with E-state index in [-0.39, 0.29) is 0 Å². The van der Waals surface area contributed by atoms with Crippen molar-refractivity contribution in [3.05, 3.63) is 22.8 Å². The number of rotatable bonds is 4. The van der Waals surface area contributed by atoms with Gasteiger partial charge in [0.25, 0.3) is 0 Å². The minimum absolute atomic E-state index is 0.495. The second-order valence-corrected chi connectivity index (χ2v) is 5.66. The van der Waals surface area contributed by atoms with Crippen LogP contribution in [0.3, 0.4) is 0 Å². The molecule has 19 heavy (non-hydrogen) atoms. The van der Waals surface area contributed by atoms with Crippen molar-refractivity contribution >= 4 is 17.4 Å². The van der Waals surface area contributed by atoms with Gasteiger partial charge in [-0.25, -0.2) is 4.98 Å². The maximum atomic E-state index is 9.07. The van der Waals surface area contributed by atoms with Crippen molar-refractivity contribution in [1.82, 2.24) is 10.3 Å². The van der Waals surface area contributed by atoms with Crippen molar-refractivity contribution in [1.29, 1.82) is 5.26 Å². The van der Waals surface area contributed by atoms with Crippen LogP contribution >= 0.6 is 11.6 Å². The van der Waals surface area contributed by atoms with Gasteiger partial charge in [0.15, 0.2) is 0 Å². The quantitative estimate of drug-likeness (QED) is 0.917. The molecule has 0 radical (unpaired) electrons. The molecule has 2 aliphatic rings. The van der Waals surface area contributed by atoms with E-state index in [2.05, 4.69) is 21.3 Å². The Morgan fingerprint density at radius 2 is 2.32 bits per heavy atom. The van der Waals surface area contributed by atoms with E-state index >= 15 is 0 Å². The maximum Gasteiger partial charge on any atom is 0.149 e. The predicted octanol–water partition coefficient (Wildman–Crippen LogP) is 2.33. The number of aromatic nitrogens is 1. The lowest BCUT2D eigenvalue weighted by atomic mass is 10.2. The summed E-state index contributed by atoms with van der Waals surface area (Å²) < 4.78 is 0. The van der Waals surface area contributed by atoms with Crippen molar-refractivity contribution in [3.63, 3.8) is 0 Å². The molecule has 1 unspecified atom stereocenters. The lowest BCUT2D eigenvalue weighted by molar-refractivity contribution is 0.575. The Labute approximate surface area is 118 Å². The minimum atomic E-state index is 0.495. The maximum absolute atomic E-state index is 9.07. The molecule has 100 valence electrons. The van der Waals surface area contributed by atoms with Crippen molar-refractivity contribution in [2.24, 2.45) is 0 Å². The van der Waals surface area contributed by atoms with Gasteiger partial charge in [-0.05, 0) is 38.3 Å². The van der Waals surface area contributed by atoms with Gasteiger partial charge < -0.3 is 10.2 Å². The van der Waals surface area contributed by atoms with Crippen LogP contribution in [-0.4, -0.2) is 30.2 Å². The highest BCUT2D eigenvalue weighted by Crippen LogP contribution is 2.35. The van der Waals surface area contributed by atoms with Gasteiger partial charge in [-0.15, -0.1) is 0 Å². The van der Waals surface area contributed by atoms with E-state index in [0.29, 0.717) is 22.7 Å². The summed E-state index contributed by atoms with van der Waals surface area (Å²) in [6.45, 7) is 2.04. The topological polar surface area (TPSA) is 52.0 Å². The van der Waals surface area contributed by atoms with Gasteiger partial charge in [0.05, 0.1) is 5.56 Å². The molecule has 1 aromatic heterocycles. The number of nitrogens with one attached hydrogen (secondary N) is 1. The van der Waals surface area contributed by atoms with Crippen LogP contribution in [-0.2, 0) is 0 Å². The van der Waals surface area contributed by atoms with Gasteiger partial charge in [-0.1, -0.05) is 11.6 Å². The zero-order chi connectivity index (χ0) is 13.2. The first-order valence-electron chi connectivity index (χ1n) is 6.84. The highest BCUT2D eigenvalue weighted by atomic mass is 35.5. The van der Waals surface area contributed by atoms with Crippen LogP contribution in [0, 0.1) is 11.3 Å². The number of nitriles is 1. The molecule has 0 bridgehead atoms. The molecule has 5 heteroatoms. The standard InChI is InChI=1S/C14H17ClN4/c15-13-10(8-16)5-7-18-14(13)19(12-3-4-12)9-11-2-1-6-17-11/h5,7,11-12,17H,1-4,6,9H2. The van der Waals surface area contributed by atoms with Gasteiger partial charge in [0.1, 0.15) is 16.9 Å². The van der Waals surface area contributed by atoms with E-state index < -0.39 is 0 Å².